The van der Waals surface area contributed by atoms with Crippen LogP contribution in [-0.2, 0) is 16.0 Å². The number of hydrogen-bond donors (Lipinski definition) is 2. The van der Waals surface area contributed by atoms with Crippen molar-refractivity contribution in [3.8, 4) is 0 Å². The first-order chi connectivity index (χ1) is 13.2. The summed E-state index contributed by atoms with van der Waals surface area (Å²) in [4.78, 5) is 25.8. The van der Waals surface area contributed by atoms with Crippen LogP contribution in [0.15, 0.2) is 12.1 Å². The fourth-order valence-corrected chi connectivity index (χ4v) is 4.66. The number of halogens is 3. The largest absolute Gasteiger partial charge is 0.345 e. The summed E-state index contributed by atoms with van der Waals surface area (Å²) in [5.74, 6) is -3.39. The van der Waals surface area contributed by atoms with E-state index in [4.69, 9.17) is 5.73 Å². The van der Waals surface area contributed by atoms with Gasteiger partial charge in [-0.25, -0.2) is 13.2 Å². The highest BCUT2D eigenvalue weighted by molar-refractivity contribution is 5.87. The number of nitrogens with one attached hydrogen (secondary N) is 1. The Morgan fingerprint density at radius 2 is 1.71 bits per heavy atom. The summed E-state index contributed by atoms with van der Waals surface area (Å²) in [6.07, 6.45) is 3.21. The van der Waals surface area contributed by atoms with Crippen LogP contribution in [0.1, 0.15) is 45.1 Å². The third-order valence-corrected chi connectivity index (χ3v) is 5.96. The van der Waals surface area contributed by atoms with Gasteiger partial charge in [0.2, 0.25) is 11.8 Å². The van der Waals surface area contributed by atoms with E-state index in [1.165, 1.54) is 6.92 Å². The number of nitrogens with zero attached hydrogens (tertiary/aromatic N) is 1. The summed E-state index contributed by atoms with van der Waals surface area (Å²) < 4.78 is 40.5. The van der Waals surface area contributed by atoms with Crippen LogP contribution in [0.5, 0.6) is 0 Å². The zero-order valence-electron chi connectivity index (χ0n) is 16.1. The van der Waals surface area contributed by atoms with Crippen molar-refractivity contribution in [2.75, 3.05) is 0 Å². The molecule has 2 bridgehead atoms. The number of amides is 2. The van der Waals surface area contributed by atoms with Gasteiger partial charge in [0.1, 0.15) is 11.9 Å². The molecular formula is C20H26F3N3O2. The van der Waals surface area contributed by atoms with Gasteiger partial charge in [-0.3, -0.25) is 9.59 Å². The molecule has 2 amide bonds. The first kappa shape index (κ1) is 20.6. The molecule has 3 rings (SSSR count). The minimum atomic E-state index is -1.21. The third-order valence-electron chi connectivity index (χ3n) is 5.96. The molecule has 0 unspecified atom stereocenters. The number of fused-ring (bicyclic) bond motifs is 2. The molecule has 2 heterocycles. The lowest BCUT2D eigenvalue weighted by Crippen LogP contribution is -2.55. The lowest BCUT2D eigenvalue weighted by Gasteiger charge is -2.42. The van der Waals surface area contributed by atoms with Gasteiger partial charge in [0.05, 0.1) is 0 Å². The second kappa shape index (κ2) is 8.11. The van der Waals surface area contributed by atoms with Gasteiger partial charge >= 0.3 is 0 Å². The number of hydrogen-bond acceptors (Lipinski definition) is 3. The van der Waals surface area contributed by atoms with Crippen molar-refractivity contribution in [3.05, 3.63) is 35.1 Å². The Morgan fingerprint density at radius 1 is 1.14 bits per heavy atom. The molecule has 2 aliphatic rings. The summed E-state index contributed by atoms with van der Waals surface area (Å²) in [6, 6.07) is 0.495. The van der Waals surface area contributed by atoms with Crippen LogP contribution in [0, 0.1) is 23.4 Å². The van der Waals surface area contributed by atoms with Crippen LogP contribution in [0.4, 0.5) is 13.2 Å². The molecule has 1 aromatic rings. The second-order valence-corrected chi connectivity index (χ2v) is 8.01. The summed E-state index contributed by atoms with van der Waals surface area (Å²) in [7, 11) is 0. The van der Waals surface area contributed by atoms with Crippen LogP contribution in [-0.4, -0.2) is 40.9 Å². The molecule has 0 saturated carbocycles. The summed E-state index contributed by atoms with van der Waals surface area (Å²) >= 11 is 0. The summed E-state index contributed by atoms with van der Waals surface area (Å²) in [5, 5.41) is 2.63. The Hall–Kier alpha value is -2.09. The Labute approximate surface area is 162 Å². The topological polar surface area (TPSA) is 75.4 Å². The first-order valence-corrected chi connectivity index (χ1v) is 9.65. The number of benzene rings is 1. The second-order valence-electron chi connectivity index (χ2n) is 8.01. The maximum Gasteiger partial charge on any atom is 0.245 e. The molecule has 3 N–H and O–H groups in total. The van der Waals surface area contributed by atoms with E-state index >= 15 is 0 Å². The highest BCUT2D eigenvalue weighted by Crippen LogP contribution is 2.40. The van der Waals surface area contributed by atoms with Crippen molar-refractivity contribution in [3.63, 3.8) is 0 Å². The third kappa shape index (κ3) is 4.16. The average Bonchev–Trinajstić information content (AvgIpc) is 2.87. The van der Waals surface area contributed by atoms with Crippen molar-refractivity contribution >= 4 is 11.8 Å². The molecule has 0 spiro atoms. The predicted molar refractivity (Wildman–Crippen MR) is 97.7 cm³/mol. The Balaban J connectivity index is 1.66. The van der Waals surface area contributed by atoms with Crippen LogP contribution in [0.25, 0.3) is 0 Å². The number of piperidine rings is 1. The van der Waals surface area contributed by atoms with Gasteiger partial charge in [-0.05, 0) is 56.6 Å². The van der Waals surface area contributed by atoms with Crippen LogP contribution >= 0.6 is 0 Å². The van der Waals surface area contributed by atoms with Gasteiger partial charge in [0, 0.05) is 31.1 Å². The molecule has 2 fully saturated rings. The molecule has 8 heteroatoms. The molecule has 4 atom stereocenters. The summed E-state index contributed by atoms with van der Waals surface area (Å²) in [6.45, 7) is 3.05. The van der Waals surface area contributed by atoms with Crippen molar-refractivity contribution < 1.29 is 22.8 Å². The van der Waals surface area contributed by atoms with Crippen molar-refractivity contribution in [2.45, 2.75) is 70.1 Å². The number of rotatable bonds is 5. The molecule has 1 aromatic carbocycles. The normalized spacial score (nSPS) is 26.1. The lowest BCUT2D eigenvalue weighted by molar-refractivity contribution is -0.140. The van der Waals surface area contributed by atoms with E-state index in [1.54, 1.807) is 6.92 Å². The zero-order valence-corrected chi connectivity index (χ0v) is 16.1. The standard InChI is InChI=1S/C20H26F3N3O2/c1-10(25-11(2)27)20(28)26-14-3-4-15(26)6-13(5-14)19(24)8-12-7-17(22)18(23)9-16(12)21/h7,9-10,13-15,19H,3-6,8,24H2,1-2H3,(H,25,27)/t10-,14+,15+,19+/m0/s1. The van der Waals surface area contributed by atoms with Gasteiger partial charge in [-0.15, -0.1) is 0 Å². The lowest BCUT2D eigenvalue weighted by atomic mass is 9.82. The summed E-state index contributed by atoms with van der Waals surface area (Å²) in [5.41, 5.74) is 6.36. The Morgan fingerprint density at radius 3 is 2.29 bits per heavy atom. The van der Waals surface area contributed by atoms with E-state index < -0.39 is 29.5 Å². The van der Waals surface area contributed by atoms with Crippen LogP contribution in [0.2, 0.25) is 0 Å². The molecule has 0 aromatic heterocycles. The molecule has 0 aliphatic carbocycles. The van der Waals surface area contributed by atoms with Crippen LogP contribution in [0.3, 0.4) is 0 Å². The van der Waals surface area contributed by atoms with E-state index in [1.807, 2.05) is 4.90 Å². The number of carbonyl (C=O) groups is 2. The minimum Gasteiger partial charge on any atom is -0.345 e. The molecular weight excluding hydrogens is 371 g/mol. The quantitative estimate of drug-likeness (QED) is 0.749. The zero-order chi connectivity index (χ0) is 20.6. The van der Waals surface area contributed by atoms with Crippen molar-refractivity contribution in [1.82, 2.24) is 10.2 Å². The highest BCUT2D eigenvalue weighted by atomic mass is 19.2. The average molecular weight is 397 g/mol. The van der Waals surface area contributed by atoms with E-state index in [0.717, 1.165) is 18.9 Å². The maximum absolute atomic E-state index is 13.9. The Bertz CT molecular complexity index is 759. The van der Waals surface area contributed by atoms with E-state index in [0.29, 0.717) is 18.9 Å². The molecule has 5 nitrogen and oxygen atoms in total. The molecule has 2 aliphatic heterocycles. The molecule has 0 radical (unpaired) electrons. The fraction of sp³-hybridized carbons (Fsp3) is 0.600. The number of carbonyl (C=O) groups excluding carboxylic acids is 2. The SMILES string of the molecule is CC(=O)N[C@@H](C)C(=O)N1[C@@H]2CC[C@@H]1CC([C@H](N)Cc1cc(F)c(F)cc1F)C2. The van der Waals surface area contributed by atoms with E-state index in [-0.39, 0.29) is 41.8 Å². The molecule has 2 saturated heterocycles. The fourth-order valence-electron chi connectivity index (χ4n) is 4.66. The van der Waals surface area contributed by atoms with E-state index in [2.05, 4.69) is 5.32 Å². The van der Waals surface area contributed by atoms with E-state index in [9.17, 15) is 22.8 Å². The van der Waals surface area contributed by atoms with Crippen molar-refractivity contribution in [1.29, 1.82) is 0 Å². The van der Waals surface area contributed by atoms with Gasteiger partial charge in [-0.2, -0.15) is 0 Å². The predicted octanol–water partition coefficient (Wildman–Crippen LogP) is 2.27. The maximum atomic E-state index is 13.9. The van der Waals surface area contributed by atoms with Gasteiger partial charge < -0.3 is 16.0 Å². The van der Waals surface area contributed by atoms with Gasteiger partial charge in [-0.1, -0.05) is 0 Å². The monoisotopic (exact) mass is 397 g/mol. The van der Waals surface area contributed by atoms with Gasteiger partial charge in [0.15, 0.2) is 11.6 Å². The number of nitrogens with two attached hydrogens (primary N) is 1. The van der Waals surface area contributed by atoms with Crippen LogP contribution < -0.4 is 11.1 Å². The van der Waals surface area contributed by atoms with Gasteiger partial charge in [0.25, 0.3) is 0 Å². The molecule has 154 valence electrons. The molecule has 28 heavy (non-hydrogen) atoms. The smallest absolute Gasteiger partial charge is 0.245 e. The first-order valence-electron chi connectivity index (χ1n) is 9.65. The van der Waals surface area contributed by atoms with Crippen molar-refractivity contribution in [2.24, 2.45) is 11.7 Å². The minimum absolute atomic E-state index is 0.0355. The highest BCUT2D eigenvalue weighted by Gasteiger charge is 2.45. The Kier molecular flexibility index (Phi) is 5.98.